The van der Waals surface area contributed by atoms with E-state index < -0.39 is 9.17 Å². The summed E-state index contributed by atoms with van der Waals surface area (Å²) in [4.78, 5) is 14.3. The zero-order chi connectivity index (χ0) is 3.58. The molecule has 0 radical (unpaired) electrons. The molecule has 0 rings (SSSR count). The van der Waals surface area contributed by atoms with Gasteiger partial charge in [-0.2, -0.15) is 0 Å². The Morgan fingerprint density at radius 2 is 1.29 bits per heavy atom. The number of hydrogen-bond donors (Lipinski definition) is 2. The zero-order valence-corrected chi connectivity index (χ0v) is 2.80. The van der Waals surface area contributed by atoms with Crippen molar-refractivity contribution in [2.75, 3.05) is 0 Å². The van der Waals surface area contributed by atoms with E-state index in [2.05, 4.69) is 0 Å². The molecule has 0 saturated carbocycles. The second-order valence-corrected chi connectivity index (χ2v) is 0.848. The van der Waals surface area contributed by atoms with Crippen LogP contribution in [-0.4, -0.2) is 109 Å². The Hall–Kier alpha value is 2.64. The van der Waals surface area contributed by atoms with Crippen LogP contribution >= 0.6 is 0 Å². The van der Waals surface area contributed by atoms with Crippen LogP contribution in [0, 0.1) is 0 Å². The van der Waals surface area contributed by atoms with Gasteiger partial charge in [-0.3, -0.25) is 4.46 Å². The van der Waals surface area contributed by atoms with E-state index in [1.165, 1.54) is 0 Å². The van der Waals surface area contributed by atoms with Crippen molar-refractivity contribution < 1.29 is 14.1 Å². The van der Waals surface area contributed by atoms with Crippen LogP contribution in [0.1, 0.15) is 0 Å². The van der Waals surface area contributed by atoms with Gasteiger partial charge >= 0.3 is 99.5 Å². The van der Waals surface area contributed by atoms with E-state index in [1.54, 1.807) is 0 Å². The quantitative estimate of drug-likeness (QED) is 0.364. The molecule has 0 atom stereocenters. The maximum atomic E-state index is 8.74. The molecule has 0 heterocycles. The van der Waals surface area contributed by atoms with E-state index in [0.717, 1.165) is 0 Å². The second-order valence-electron chi connectivity index (χ2n) is 0.283. The molecule has 7 heavy (non-hydrogen) atoms. The first-order valence-electron chi connectivity index (χ1n) is 0.651. The van der Waals surface area contributed by atoms with Gasteiger partial charge in [0.25, 0.3) is 0 Å². The van der Waals surface area contributed by atoms with Gasteiger partial charge in [0, 0.05) is 0 Å². The molecule has 0 fully saturated rings. The summed E-state index contributed by atoms with van der Waals surface area (Å²) in [5.74, 6) is 0. The Bertz CT molecular complexity index is 37.9. The molecule has 0 bridgehead atoms. The van der Waals surface area contributed by atoms with Crippen molar-refractivity contribution in [1.82, 2.24) is 0 Å². The molecule has 0 spiro atoms. The molecule has 2 N–H and O–H groups in total. The van der Waals surface area contributed by atoms with Crippen LogP contribution in [-0.2, 0) is 4.46 Å². The molecule has 0 amide bonds. The van der Waals surface area contributed by atoms with Gasteiger partial charge in [-0.15, -0.1) is 0 Å². The average Bonchev–Trinajstić information content (AvgIpc) is 0.811. The summed E-state index contributed by atoms with van der Waals surface area (Å²) in [6.07, 6.45) is 0. The Morgan fingerprint density at radius 1 is 1.29 bits per heavy atom. The number of rotatable bonds is 0. The topological polar surface area (TPSA) is 57.5 Å². The predicted molar refractivity (Wildman–Crippen MR) is 35.1 cm³/mol. The van der Waals surface area contributed by atoms with Crippen molar-refractivity contribution in [1.29, 1.82) is 0 Å². The van der Waals surface area contributed by atoms with Crippen molar-refractivity contribution >= 4 is 99.5 Å². The molecular weight excluding hydrogens is 163 g/mol. The summed E-state index contributed by atoms with van der Waals surface area (Å²) in [5.41, 5.74) is 0. The van der Waals surface area contributed by atoms with Gasteiger partial charge in [-0.25, -0.2) is 0 Å². The maximum absolute atomic E-state index is 8.74. The van der Waals surface area contributed by atoms with E-state index in [4.69, 9.17) is 14.1 Å². The van der Waals surface area contributed by atoms with Gasteiger partial charge in [-0.1, -0.05) is 0 Å². The van der Waals surface area contributed by atoms with E-state index in [9.17, 15) is 0 Å². The van der Waals surface area contributed by atoms with Gasteiger partial charge < -0.3 is 9.59 Å². The van der Waals surface area contributed by atoms with Gasteiger partial charge in [0.2, 0.25) is 0 Å². The molecule has 0 aromatic heterocycles. The summed E-state index contributed by atoms with van der Waals surface area (Å²) >= 11 is 0. The normalized spacial score (nSPS) is 3.43. The third-order valence-corrected chi connectivity index (χ3v) is 0. The fraction of sp³-hybridized carbons (Fsp3) is 0. The van der Waals surface area contributed by atoms with Crippen LogP contribution in [0.4, 0.5) is 0 Å². The van der Waals surface area contributed by atoms with Crippen molar-refractivity contribution in [3.05, 3.63) is 0 Å². The van der Waals surface area contributed by atoms with E-state index in [-0.39, 0.29) is 90.3 Å². The molecule has 0 aliphatic heterocycles. The zero-order valence-electron chi connectivity index (χ0n) is 1.80. The number of hydrogen-bond acceptors (Lipinski definition) is 1. The van der Waals surface area contributed by atoms with Crippen LogP contribution in [0.25, 0.3) is 0 Å². The van der Waals surface area contributed by atoms with E-state index in [1.807, 2.05) is 0 Å². The molecule has 7 heteroatoms. The summed E-state index contributed by atoms with van der Waals surface area (Å²) in [6, 6.07) is 0. The summed E-state index contributed by atoms with van der Waals surface area (Å²) in [5, 5.41) is 0. The second kappa shape index (κ2) is 15.9. The van der Waals surface area contributed by atoms with Crippen LogP contribution in [0.15, 0.2) is 0 Å². The fourth-order valence-corrected chi connectivity index (χ4v) is 0. The first kappa shape index (κ1) is 22.6. The molecule has 0 aliphatic rings. The van der Waals surface area contributed by atoms with Crippen LogP contribution in [0.5, 0.6) is 0 Å². The monoisotopic (exact) mass is 170 g/mol. The molecule has 3 nitrogen and oxygen atoms in total. The summed E-state index contributed by atoms with van der Waals surface area (Å²) in [6.45, 7) is 0. The Balaban J connectivity index is -0.0000000150. The van der Waals surface area contributed by atoms with Crippen molar-refractivity contribution in [3.8, 4) is 0 Å². The molecule has 0 aromatic carbocycles. The SMILES string of the molecule is O=[Si](O)O.[CaH2].[MgH2].[NaH]. The van der Waals surface area contributed by atoms with Crippen molar-refractivity contribution in [3.63, 3.8) is 0 Å². The summed E-state index contributed by atoms with van der Waals surface area (Å²) < 4.78 is 8.74. The molecular formula is H7CaMgNaO3Si. The van der Waals surface area contributed by atoms with Gasteiger partial charge in [0.15, 0.2) is 0 Å². The van der Waals surface area contributed by atoms with Crippen LogP contribution in [0.3, 0.4) is 0 Å². The Morgan fingerprint density at radius 3 is 1.29 bits per heavy atom. The fourth-order valence-electron chi connectivity index (χ4n) is 0. The van der Waals surface area contributed by atoms with Gasteiger partial charge in [-0.05, 0) is 0 Å². The van der Waals surface area contributed by atoms with E-state index >= 15 is 0 Å². The first-order chi connectivity index (χ1) is 1.73. The van der Waals surface area contributed by atoms with Gasteiger partial charge in [0.05, 0.1) is 0 Å². The summed E-state index contributed by atoms with van der Waals surface area (Å²) in [7, 11) is -3.13. The third kappa shape index (κ3) is 54.6. The standard InChI is InChI=1S/Ca.Mg.Na.H2O3Si.5H/c;;;1-4(2)3;;;;;/h;;;1-2H;;;;;. The minimum absolute atomic E-state index is 0. The van der Waals surface area contributed by atoms with Crippen molar-refractivity contribution in [2.45, 2.75) is 0 Å². The Kier molecular flexibility index (Phi) is 51.2. The molecule has 0 unspecified atom stereocenters. The minimum atomic E-state index is -3.13. The van der Waals surface area contributed by atoms with Crippen LogP contribution in [0.2, 0.25) is 0 Å². The first-order valence-corrected chi connectivity index (χ1v) is 1.95. The predicted octanol–water partition coefficient (Wildman–Crippen LogP) is -4.09. The molecule has 0 aromatic rings. The third-order valence-electron chi connectivity index (χ3n) is 0. The average molecular weight is 171 g/mol. The van der Waals surface area contributed by atoms with Crippen LogP contribution < -0.4 is 0 Å². The Labute approximate surface area is 111 Å². The molecule has 0 aliphatic carbocycles. The van der Waals surface area contributed by atoms with E-state index in [0.29, 0.717) is 0 Å². The molecule has 34 valence electrons. The van der Waals surface area contributed by atoms with Gasteiger partial charge in [0.1, 0.15) is 0 Å². The van der Waals surface area contributed by atoms with Crippen molar-refractivity contribution in [2.24, 2.45) is 0 Å². The molecule has 0 saturated heterocycles.